The number of anilines is 2. The van der Waals surface area contributed by atoms with E-state index < -0.39 is 84.5 Å². The first-order chi connectivity index (χ1) is 42.8. The molecular weight excluding hydrogens is 1160 g/mol. The monoisotopic (exact) mass is 1240 g/mol. The Kier molecular flexibility index (Phi) is 21.9. The summed E-state index contributed by atoms with van der Waals surface area (Å²) in [4.78, 5) is 113. The summed E-state index contributed by atoms with van der Waals surface area (Å²) in [6.45, 7) is 16.0. The van der Waals surface area contributed by atoms with Gasteiger partial charge >= 0.3 is 12.2 Å². The molecule has 482 valence electrons. The first kappa shape index (κ1) is 67.3. The van der Waals surface area contributed by atoms with E-state index in [-0.39, 0.29) is 96.7 Å². The third-order valence-corrected chi connectivity index (χ3v) is 16.7. The number of amides is 6. The number of fused-ring (bicyclic) bond motifs is 4. The molecule has 8 rings (SSSR count). The maximum absolute atomic E-state index is 14.2. The van der Waals surface area contributed by atoms with E-state index in [9.17, 15) is 48.6 Å². The van der Waals surface area contributed by atoms with Crippen LogP contribution in [0.5, 0.6) is 17.2 Å². The molecule has 0 aliphatic carbocycles. The van der Waals surface area contributed by atoms with Crippen LogP contribution in [0.25, 0.3) is 0 Å². The number of ether oxygens (including phenoxy) is 5. The van der Waals surface area contributed by atoms with Gasteiger partial charge in [0.2, 0.25) is 11.8 Å². The van der Waals surface area contributed by atoms with Crippen molar-refractivity contribution >= 4 is 58.8 Å². The number of carbonyl (C=O) groups excluding carboxylic acids is 8. The lowest BCUT2D eigenvalue weighted by Crippen LogP contribution is -2.50. The Morgan fingerprint density at radius 1 is 0.556 bits per heavy atom. The molecule has 4 heterocycles. The van der Waals surface area contributed by atoms with Crippen molar-refractivity contribution in [1.82, 2.24) is 20.4 Å². The van der Waals surface area contributed by atoms with Crippen LogP contribution in [0.1, 0.15) is 136 Å². The Morgan fingerprint density at radius 3 is 1.36 bits per heavy atom. The Morgan fingerprint density at radius 2 is 0.944 bits per heavy atom. The molecule has 0 aromatic heterocycles. The van der Waals surface area contributed by atoms with E-state index in [0.29, 0.717) is 65.7 Å². The zero-order chi connectivity index (χ0) is 65.4. The number of rotatable bonds is 25. The lowest BCUT2D eigenvalue weighted by molar-refractivity contribution is -0.128. The molecule has 4 aliphatic rings. The van der Waals surface area contributed by atoms with E-state index in [0.717, 1.165) is 20.9 Å². The summed E-state index contributed by atoms with van der Waals surface area (Å²) >= 11 is 0. The molecule has 90 heavy (non-hydrogen) atoms. The molecule has 8 atom stereocenters. The van der Waals surface area contributed by atoms with Gasteiger partial charge in [-0.05, 0) is 119 Å². The average Bonchev–Trinajstić information content (AvgIpc) is 1.60. The lowest BCUT2D eigenvalue weighted by Gasteiger charge is -2.31. The van der Waals surface area contributed by atoms with Crippen LogP contribution in [0, 0.1) is 18.8 Å². The summed E-state index contributed by atoms with van der Waals surface area (Å²) in [5.41, 5.74) is 17.1. The van der Waals surface area contributed by atoms with Crippen molar-refractivity contribution in [2.45, 2.75) is 169 Å². The molecule has 0 saturated heterocycles. The Balaban J connectivity index is 0.888. The summed E-state index contributed by atoms with van der Waals surface area (Å²) in [5, 5.41) is 29.2. The van der Waals surface area contributed by atoms with E-state index in [4.69, 9.17) is 35.2 Å². The standard InChI is InChI=1S/C67H84N8O15/c1-36(2)58(68)60(78)70-41(8)53(76)27-43-14-18-45(19-15-43)34-89-66(84)74-49-30-55(40(7)26-47(49)62(80)72-32-38(5)24-51(72)64(74)82)87-22-12-11-13-23-88-57-31-50-48(29-56(57)86-10)63(81)73-33-39(6)25-52(73)65(83)75(50)67(85)90-35-46-20-16-44(17-21-46)28-54(77)42(9)71-61(79)59(69)37(3)4/h14-21,26,29-33,36-37,41-42,51-52,58-59,64-65,82-83H,11-13,22-25,27-28,34-35,68-69H2,1-10H3,(H,70,78)(H,71,79)/t41-,42-,51-,52-,58-,59-,64-,65-/m0/s1. The van der Waals surface area contributed by atoms with Crippen LogP contribution >= 0.6 is 0 Å². The molecule has 23 nitrogen and oxygen atoms in total. The van der Waals surface area contributed by atoms with Crippen molar-refractivity contribution < 1.29 is 72.3 Å². The number of methoxy groups -OCH3 is 1. The van der Waals surface area contributed by atoms with Gasteiger partial charge in [-0.25, -0.2) is 19.4 Å². The predicted molar refractivity (Wildman–Crippen MR) is 334 cm³/mol. The number of aliphatic hydroxyl groups is 2. The summed E-state index contributed by atoms with van der Waals surface area (Å²) in [5.74, 6) is -1.48. The van der Waals surface area contributed by atoms with Gasteiger partial charge in [-0.3, -0.25) is 28.8 Å². The molecule has 0 unspecified atom stereocenters. The zero-order valence-corrected chi connectivity index (χ0v) is 52.8. The predicted octanol–water partition coefficient (Wildman–Crippen LogP) is 7.02. The largest absolute Gasteiger partial charge is 0.493 e. The van der Waals surface area contributed by atoms with Gasteiger partial charge in [0.1, 0.15) is 19.0 Å². The van der Waals surface area contributed by atoms with Crippen molar-refractivity contribution in [2.75, 3.05) is 30.1 Å². The highest BCUT2D eigenvalue weighted by Crippen LogP contribution is 2.43. The fourth-order valence-electron chi connectivity index (χ4n) is 11.0. The van der Waals surface area contributed by atoms with Gasteiger partial charge in [0, 0.05) is 37.4 Å². The summed E-state index contributed by atoms with van der Waals surface area (Å²) in [7, 11) is 1.43. The fraction of sp³-hybridized carbons (Fsp3) is 0.463. The maximum Gasteiger partial charge on any atom is 0.416 e. The van der Waals surface area contributed by atoms with Crippen LogP contribution in [0.3, 0.4) is 0 Å². The number of nitrogens with zero attached hydrogens (tertiary/aromatic N) is 4. The molecule has 4 aliphatic heterocycles. The van der Waals surface area contributed by atoms with Crippen LogP contribution in [-0.4, -0.2) is 136 Å². The van der Waals surface area contributed by atoms with Gasteiger partial charge in [0.25, 0.3) is 11.8 Å². The number of ketones is 2. The van der Waals surface area contributed by atoms with E-state index in [1.165, 1.54) is 29.0 Å². The minimum absolute atomic E-state index is 0.0422. The number of hydrogen-bond acceptors (Lipinski definition) is 17. The Hall–Kier alpha value is -8.64. The zero-order valence-electron chi connectivity index (χ0n) is 52.8. The number of aryl methyl sites for hydroxylation is 1. The van der Waals surface area contributed by atoms with Gasteiger partial charge in [0.15, 0.2) is 35.5 Å². The first-order valence-electron chi connectivity index (χ1n) is 30.5. The molecule has 0 saturated carbocycles. The van der Waals surface area contributed by atoms with Crippen LogP contribution < -0.4 is 46.1 Å². The highest BCUT2D eigenvalue weighted by molar-refractivity contribution is 6.07. The topological polar surface area (TPSA) is 312 Å². The van der Waals surface area contributed by atoms with Crippen LogP contribution in [0.15, 0.2) is 96.3 Å². The third-order valence-electron chi connectivity index (χ3n) is 16.7. The van der Waals surface area contributed by atoms with Gasteiger partial charge in [0.05, 0.1) is 79.1 Å². The highest BCUT2D eigenvalue weighted by Gasteiger charge is 2.47. The lowest BCUT2D eigenvalue weighted by atomic mass is 10.0. The second-order valence-corrected chi connectivity index (χ2v) is 24.4. The average molecular weight is 1240 g/mol. The van der Waals surface area contributed by atoms with Crippen LogP contribution in [0.2, 0.25) is 0 Å². The molecule has 0 fully saturated rings. The van der Waals surface area contributed by atoms with Crippen molar-refractivity contribution in [3.63, 3.8) is 0 Å². The number of unbranched alkanes of at least 4 members (excludes halogenated alkanes) is 2. The van der Waals surface area contributed by atoms with E-state index in [1.807, 2.05) is 41.5 Å². The SMILES string of the molecule is COc1cc2c(cc1OCCCCCOc1cc3c(cc1C)C(=O)N1C=C(C)C[C@H]1[C@H](O)N3C(=O)OCc1ccc(CC(=O)[C@H](C)NC(=O)[C@@H](N)C(C)C)cc1)N(C(=O)OCc1ccc(CC(=O)[C@H](C)NC(=O)[C@@H](N)C(C)C)cc1)[C@@H](O)[C@@H]1CC(C)=CN1C2=O. The van der Waals surface area contributed by atoms with Gasteiger partial charge in [-0.1, -0.05) is 87.4 Å². The number of aliphatic hydroxyl groups excluding tert-OH is 2. The third kappa shape index (κ3) is 15.5. The number of benzene rings is 4. The summed E-state index contributed by atoms with van der Waals surface area (Å²) in [6, 6.07) is 15.3. The summed E-state index contributed by atoms with van der Waals surface area (Å²) in [6.07, 6.45) is 0.874. The molecule has 4 aromatic carbocycles. The number of hydrogen-bond donors (Lipinski definition) is 6. The smallest absolute Gasteiger partial charge is 0.416 e. The first-order valence-corrected chi connectivity index (χ1v) is 30.5. The number of nitrogens with two attached hydrogens (primary N) is 2. The number of nitrogens with one attached hydrogen (secondary N) is 2. The van der Waals surface area contributed by atoms with Crippen molar-refractivity contribution in [3.05, 3.63) is 135 Å². The van der Waals surface area contributed by atoms with Crippen LogP contribution in [0.4, 0.5) is 21.0 Å². The Labute approximate surface area is 524 Å². The molecule has 6 amide bonds. The molecule has 0 spiro atoms. The molecule has 23 heteroatoms. The van der Waals surface area contributed by atoms with Crippen molar-refractivity contribution in [1.29, 1.82) is 0 Å². The minimum atomic E-state index is -1.52. The molecule has 0 bridgehead atoms. The molecule has 0 radical (unpaired) electrons. The fourth-order valence-corrected chi connectivity index (χ4v) is 11.0. The molecule has 8 N–H and O–H groups in total. The number of Topliss-reactive ketones (excluding diaryl/α,β-unsaturated/α-hetero) is 2. The van der Waals surface area contributed by atoms with Gasteiger partial charge in [-0.2, -0.15) is 0 Å². The van der Waals surface area contributed by atoms with Crippen molar-refractivity contribution in [2.24, 2.45) is 23.3 Å². The Bertz CT molecular complexity index is 3420. The quantitative estimate of drug-likeness (QED) is 0.0363. The second kappa shape index (κ2) is 29.3. The highest BCUT2D eigenvalue weighted by atomic mass is 16.6. The van der Waals surface area contributed by atoms with E-state index in [2.05, 4.69) is 10.6 Å². The molecule has 4 aromatic rings. The number of carbonyl (C=O) groups is 8. The van der Waals surface area contributed by atoms with E-state index in [1.54, 1.807) is 93.8 Å². The van der Waals surface area contributed by atoms with Crippen molar-refractivity contribution in [3.8, 4) is 17.2 Å². The second-order valence-electron chi connectivity index (χ2n) is 24.4. The maximum atomic E-state index is 14.2. The summed E-state index contributed by atoms with van der Waals surface area (Å²) < 4.78 is 29.9. The molecular formula is C67H84N8O15. The minimum Gasteiger partial charge on any atom is -0.493 e. The van der Waals surface area contributed by atoms with E-state index >= 15 is 0 Å². The normalized spacial score (nSPS) is 19.0. The van der Waals surface area contributed by atoms with Gasteiger partial charge < -0.3 is 65.8 Å². The van der Waals surface area contributed by atoms with Gasteiger partial charge in [-0.15, -0.1) is 0 Å². The van der Waals surface area contributed by atoms with Crippen LogP contribution in [-0.2, 0) is 54.7 Å².